The van der Waals surface area contributed by atoms with Gasteiger partial charge in [0.05, 0.1) is 11.3 Å². The summed E-state index contributed by atoms with van der Waals surface area (Å²) in [7, 11) is -3.21. The molecule has 0 radical (unpaired) electrons. The Kier molecular flexibility index (Phi) is 5.21. The van der Waals surface area contributed by atoms with Crippen molar-refractivity contribution in [3.63, 3.8) is 0 Å². The summed E-state index contributed by atoms with van der Waals surface area (Å²) in [6.07, 6.45) is 1.41. The quantitative estimate of drug-likeness (QED) is 0.846. The minimum Gasteiger partial charge on any atom is -0.312 e. The summed E-state index contributed by atoms with van der Waals surface area (Å²) in [6.45, 7) is 4.52. The van der Waals surface area contributed by atoms with Crippen molar-refractivity contribution < 1.29 is 13.2 Å². The number of sulfone groups is 1. The summed E-state index contributed by atoms with van der Waals surface area (Å²) in [6, 6.07) is 14.3. The van der Waals surface area contributed by atoms with Crippen LogP contribution < -0.4 is 4.90 Å². The van der Waals surface area contributed by atoms with Crippen LogP contribution in [0.25, 0.3) is 0 Å². The standard InChI is InChI=1S/C18H21NO3S/c1-4-19(16-7-5-6-14(2)12-16)18(20)13-15-8-10-17(11-9-15)23(3,21)22/h5-12H,4,13H2,1-3H3. The molecule has 0 atom stereocenters. The van der Waals surface area contributed by atoms with Crippen LogP contribution in [0.4, 0.5) is 5.69 Å². The second-order valence-electron chi connectivity index (χ2n) is 5.57. The van der Waals surface area contributed by atoms with Crippen LogP contribution in [0.2, 0.25) is 0 Å². The molecule has 0 N–H and O–H groups in total. The first-order valence-corrected chi connectivity index (χ1v) is 9.36. The van der Waals surface area contributed by atoms with Crippen molar-refractivity contribution in [3.8, 4) is 0 Å². The van der Waals surface area contributed by atoms with E-state index < -0.39 is 9.84 Å². The van der Waals surface area contributed by atoms with Crippen molar-refractivity contribution in [3.05, 3.63) is 59.7 Å². The van der Waals surface area contributed by atoms with E-state index in [9.17, 15) is 13.2 Å². The number of benzene rings is 2. The highest BCUT2D eigenvalue weighted by Crippen LogP contribution is 2.18. The predicted octanol–water partition coefficient (Wildman–Crippen LogP) is 2.99. The van der Waals surface area contributed by atoms with Crippen molar-refractivity contribution in [2.24, 2.45) is 0 Å². The Hall–Kier alpha value is -2.14. The highest BCUT2D eigenvalue weighted by molar-refractivity contribution is 7.90. The van der Waals surface area contributed by atoms with E-state index >= 15 is 0 Å². The second-order valence-corrected chi connectivity index (χ2v) is 7.59. The fraction of sp³-hybridized carbons (Fsp3) is 0.278. The lowest BCUT2D eigenvalue weighted by Crippen LogP contribution is -2.32. The van der Waals surface area contributed by atoms with Gasteiger partial charge in [-0.25, -0.2) is 8.42 Å². The number of likely N-dealkylation sites (N-methyl/N-ethyl adjacent to an activating group) is 1. The molecule has 2 rings (SSSR count). The number of carbonyl (C=O) groups is 1. The monoisotopic (exact) mass is 331 g/mol. The maximum absolute atomic E-state index is 12.5. The molecule has 0 saturated heterocycles. The van der Waals surface area contributed by atoms with Crippen molar-refractivity contribution >= 4 is 21.4 Å². The average Bonchev–Trinajstić information content (AvgIpc) is 2.47. The molecule has 0 fully saturated rings. The third kappa shape index (κ3) is 4.42. The normalized spacial score (nSPS) is 11.3. The van der Waals surface area contributed by atoms with Gasteiger partial charge in [-0.1, -0.05) is 24.3 Å². The molecule has 122 valence electrons. The van der Waals surface area contributed by atoms with Gasteiger partial charge in [0.25, 0.3) is 0 Å². The molecule has 0 spiro atoms. The summed E-state index contributed by atoms with van der Waals surface area (Å²) >= 11 is 0. The molecule has 4 nitrogen and oxygen atoms in total. The maximum atomic E-state index is 12.5. The summed E-state index contributed by atoms with van der Waals surface area (Å²) in [5.74, 6) is -0.00907. The molecular weight excluding hydrogens is 310 g/mol. The Morgan fingerprint density at radius 3 is 2.26 bits per heavy atom. The van der Waals surface area contributed by atoms with Crippen molar-refractivity contribution in [2.75, 3.05) is 17.7 Å². The molecule has 0 aromatic heterocycles. The summed E-state index contributed by atoms with van der Waals surface area (Å²) in [5.41, 5.74) is 2.78. The zero-order valence-corrected chi connectivity index (χ0v) is 14.4. The van der Waals surface area contributed by atoms with E-state index in [-0.39, 0.29) is 17.2 Å². The first kappa shape index (κ1) is 17.2. The number of nitrogens with zero attached hydrogens (tertiary/aromatic N) is 1. The summed E-state index contributed by atoms with van der Waals surface area (Å²) in [4.78, 5) is 14.5. The van der Waals surface area contributed by atoms with Gasteiger partial charge >= 0.3 is 0 Å². The zero-order valence-electron chi connectivity index (χ0n) is 13.6. The molecule has 23 heavy (non-hydrogen) atoms. The number of anilines is 1. The van der Waals surface area contributed by atoms with Gasteiger partial charge in [-0.3, -0.25) is 4.79 Å². The van der Waals surface area contributed by atoms with E-state index in [1.165, 1.54) is 6.26 Å². The molecule has 0 heterocycles. The average molecular weight is 331 g/mol. The Labute approximate surface area is 137 Å². The Morgan fingerprint density at radius 1 is 1.09 bits per heavy atom. The van der Waals surface area contributed by atoms with E-state index in [1.54, 1.807) is 29.2 Å². The molecule has 2 aromatic carbocycles. The van der Waals surface area contributed by atoms with Crippen LogP contribution in [0, 0.1) is 6.92 Å². The van der Waals surface area contributed by atoms with Gasteiger partial charge in [-0.2, -0.15) is 0 Å². The van der Waals surface area contributed by atoms with E-state index in [4.69, 9.17) is 0 Å². The lowest BCUT2D eigenvalue weighted by molar-refractivity contribution is -0.117. The topological polar surface area (TPSA) is 54.5 Å². The number of hydrogen-bond acceptors (Lipinski definition) is 3. The van der Waals surface area contributed by atoms with Crippen molar-refractivity contribution in [2.45, 2.75) is 25.2 Å². The van der Waals surface area contributed by atoms with Crippen LogP contribution >= 0.6 is 0 Å². The van der Waals surface area contributed by atoms with Crippen LogP contribution in [0.15, 0.2) is 53.4 Å². The summed E-state index contributed by atoms with van der Waals surface area (Å²) in [5, 5.41) is 0. The summed E-state index contributed by atoms with van der Waals surface area (Å²) < 4.78 is 22.9. The minimum absolute atomic E-state index is 0.00907. The van der Waals surface area contributed by atoms with Gasteiger partial charge in [0.1, 0.15) is 0 Å². The largest absolute Gasteiger partial charge is 0.312 e. The first-order valence-electron chi connectivity index (χ1n) is 7.47. The van der Waals surface area contributed by atoms with Crippen LogP contribution in [0.5, 0.6) is 0 Å². The molecule has 0 aliphatic rings. The van der Waals surface area contributed by atoms with Gasteiger partial charge in [0.15, 0.2) is 9.84 Å². The van der Waals surface area contributed by atoms with E-state index in [0.717, 1.165) is 16.8 Å². The van der Waals surface area contributed by atoms with Gasteiger partial charge in [0, 0.05) is 18.5 Å². The lowest BCUT2D eigenvalue weighted by Gasteiger charge is -2.21. The third-order valence-electron chi connectivity index (χ3n) is 3.64. The van der Waals surface area contributed by atoms with E-state index in [2.05, 4.69) is 0 Å². The molecule has 0 aliphatic heterocycles. The lowest BCUT2D eigenvalue weighted by atomic mass is 10.1. The second kappa shape index (κ2) is 6.96. The molecule has 1 amide bonds. The molecule has 5 heteroatoms. The molecule has 0 aliphatic carbocycles. The number of amides is 1. The maximum Gasteiger partial charge on any atom is 0.231 e. The van der Waals surface area contributed by atoms with Crippen LogP contribution in [-0.2, 0) is 21.1 Å². The van der Waals surface area contributed by atoms with E-state index in [1.807, 2.05) is 38.1 Å². The Bertz CT molecular complexity index is 795. The van der Waals surface area contributed by atoms with E-state index in [0.29, 0.717) is 6.54 Å². The molecule has 2 aromatic rings. The Balaban J connectivity index is 2.17. The first-order chi connectivity index (χ1) is 10.8. The van der Waals surface area contributed by atoms with Crippen LogP contribution in [0.3, 0.4) is 0 Å². The fourth-order valence-electron chi connectivity index (χ4n) is 2.42. The SMILES string of the molecule is CCN(C(=O)Cc1ccc(S(C)(=O)=O)cc1)c1cccc(C)c1. The zero-order chi connectivity index (χ0) is 17.0. The molecule has 0 unspecified atom stereocenters. The highest BCUT2D eigenvalue weighted by atomic mass is 32.2. The minimum atomic E-state index is -3.21. The van der Waals surface area contributed by atoms with Crippen molar-refractivity contribution in [1.29, 1.82) is 0 Å². The molecular formula is C18H21NO3S. The smallest absolute Gasteiger partial charge is 0.231 e. The van der Waals surface area contributed by atoms with Crippen LogP contribution in [-0.4, -0.2) is 27.1 Å². The highest BCUT2D eigenvalue weighted by Gasteiger charge is 2.15. The van der Waals surface area contributed by atoms with Gasteiger partial charge in [0.2, 0.25) is 5.91 Å². The van der Waals surface area contributed by atoms with Gasteiger partial charge < -0.3 is 4.90 Å². The third-order valence-corrected chi connectivity index (χ3v) is 4.77. The molecule has 0 bridgehead atoms. The van der Waals surface area contributed by atoms with Gasteiger partial charge in [-0.15, -0.1) is 0 Å². The number of aryl methyl sites for hydroxylation is 1. The predicted molar refractivity (Wildman–Crippen MR) is 92.5 cm³/mol. The number of rotatable bonds is 5. The number of hydrogen-bond donors (Lipinski definition) is 0. The van der Waals surface area contributed by atoms with Crippen LogP contribution in [0.1, 0.15) is 18.1 Å². The number of carbonyl (C=O) groups excluding carboxylic acids is 1. The molecule has 0 saturated carbocycles. The van der Waals surface area contributed by atoms with Crippen molar-refractivity contribution in [1.82, 2.24) is 0 Å². The fourth-order valence-corrected chi connectivity index (χ4v) is 3.05. The van der Waals surface area contributed by atoms with Gasteiger partial charge in [-0.05, 0) is 49.2 Å². The Morgan fingerprint density at radius 2 is 1.74 bits per heavy atom.